The van der Waals surface area contributed by atoms with Crippen LogP contribution in [0.5, 0.6) is 0 Å². The average molecular weight is 279 g/mol. The first kappa shape index (κ1) is 14.6. The van der Waals surface area contributed by atoms with Crippen LogP contribution in [0.3, 0.4) is 0 Å². The number of rotatable bonds is 4. The van der Waals surface area contributed by atoms with E-state index >= 15 is 0 Å². The first-order chi connectivity index (χ1) is 9.52. The van der Waals surface area contributed by atoms with Crippen LogP contribution < -0.4 is 5.32 Å². The Bertz CT molecular complexity index is 590. The zero-order chi connectivity index (χ0) is 14.7. The van der Waals surface area contributed by atoms with E-state index in [0.29, 0.717) is 12.1 Å². The molecule has 0 aliphatic heterocycles. The minimum atomic E-state index is -0.904. The van der Waals surface area contributed by atoms with Crippen LogP contribution in [-0.2, 0) is 0 Å². The molecule has 0 radical (unpaired) electrons. The molecule has 2 rings (SSSR count). The van der Waals surface area contributed by atoms with Gasteiger partial charge in [0, 0.05) is 5.56 Å². The lowest BCUT2D eigenvalue weighted by molar-refractivity contribution is 0.482. The predicted octanol–water partition coefficient (Wildman–Crippen LogP) is 4.11. The van der Waals surface area contributed by atoms with Crippen LogP contribution in [0.1, 0.15) is 29.7 Å². The molecule has 2 aromatic rings. The van der Waals surface area contributed by atoms with Crippen LogP contribution in [0.25, 0.3) is 0 Å². The number of hydrogen-bond acceptors (Lipinski definition) is 1. The smallest absolute Gasteiger partial charge is 0.163 e. The van der Waals surface area contributed by atoms with Crippen molar-refractivity contribution in [3.8, 4) is 0 Å². The fourth-order valence-electron chi connectivity index (χ4n) is 2.29. The molecule has 0 saturated carbocycles. The molecule has 4 heteroatoms. The lowest BCUT2D eigenvalue weighted by Gasteiger charge is -2.20. The minimum absolute atomic E-state index is 0.178. The average Bonchev–Trinajstić information content (AvgIpc) is 2.38. The lowest BCUT2D eigenvalue weighted by Crippen LogP contribution is -2.23. The second-order valence-electron chi connectivity index (χ2n) is 4.70. The molecule has 1 N–H and O–H groups in total. The van der Waals surface area contributed by atoms with Gasteiger partial charge >= 0.3 is 0 Å². The molecular formula is C16H16F3N. The molecule has 0 fully saturated rings. The van der Waals surface area contributed by atoms with Gasteiger partial charge < -0.3 is 5.32 Å². The summed E-state index contributed by atoms with van der Waals surface area (Å²) in [6.45, 7) is 4.17. The fraction of sp³-hybridized carbons (Fsp3) is 0.250. The largest absolute Gasteiger partial charge is 0.306 e. The van der Waals surface area contributed by atoms with Crippen LogP contribution >= 0.6 is 0 Å². The van der Waals surface area contributed by atoms with Gasteiger partial charge in [-0.05, 0) is 42.8 Å². The quantitative estimate of drug-likeness (QED) is 0.888. The Kier molecular flexibility index (Phi) is 4.45. The normalized spacial score (nSPS) is 12.4. The highest BCUT2D eigenvalue weighted by Gasteiger charge is 2.20. The Morgan fingerprint density at radius 2 is 1.85 bits per heavy atom. The number of nitrogens with one attached hydrogen (secondary N) is 1. The van der Waals surface area contributed by atoms with Crippen molar-refractivity contribution in [2.75, 3.05) is 6.54 Å². The molecule has 0 aromatic heterocycles. The van der Waals surface area contributed by atoms with Gasteiger partial charge in [-0.15, -0.1) is 0 Å². The molecule has 0 aliphatic carbocycles. The van der Waals surface area contributed by atoms with Crippen LogP contribution in [0, 0.1) is 24.4 Å². The molecule has 0 amide bonds. The highest BCUT2D eigenvalue weighted by molar-refractivity contribution is 5.35. The Hall–Kier alpha value is -1.81. The maximum Gasteiger partial charge on any atom is 0.163 e. The molecule has 1 unspecified atom stereocenters. The van der Waals surface area contributed by atoms with E-state index in [4.69, 9.17) is 0 Å². The molecule has 2 aromatic carbocycles. The van der Waals surface area contributed by atoms with E-state index in [1.54, 1.807) is 13.0 Å². The Balaban J connectivity index is 2.53. The van der Waals surface area contributed by atoms with E-state index < -0.39 is 17.7 Å². The fourth-order valence-corrected chi connectivity index (χ4v) is 2.29. The Morgan fingerprint density at radius 1 is 1.10 bits per heavy atom. The summed E-state index contributed by atoms with van der Waals surface area (Å²) >= 11 is 0. The Labute approximate surface area is 116 Å². The lowest BCUT2D eigenvalue weighted by atomic mass is 9.96. The highest BCUT2D eigenvalue weighted by atomic mass is 19.2. The molecule has 0 saturated heterocycles. The van der Waals surface area contributed by atoms with E-state index in [1.807, 2.05) is 6.92 Å². The third kappa shape index (κ3) is 3.02. The summed E-state index contributed by atoms with van der Waals surface area (Å²) < 4.78 is 40.9. The van der Waals surface area contributed by atoms with Crippen molar-refractivity contribution in [2.45, 2.75) is 19.9 Å². The second kappa shape index (κ2) is 6.09. The van der Waals surface area contributed by atoms with Gasteiger partial charge in [0.2, 0.25) is 0 Å². The topological polar surface area (TPSA) is 12.0 Å². The summed E-state index contributed by atoms with van der Waals surface area (Å²) in [5.74, 6) is -2.20. The summed E-state index contributed by atoms with van der Waals surface area (Å²) in [5.41, 5.74) is 1.49. The predicted molar refractivity (Wildman–Crippen MR) is 73.0 cm³/mol. The van der Waals surface area contributed by atoms with Crippen LogP contribution in [0.15, 0.2) is 36.4 Å². The Morgan fingerprint density at radius 3 is 2.50 bits per heavy atom. The summed E-state index contributed by atoms with van der Waals surface area (Å²) in [7, 11) is 0. The molecule has 1 nitrogen and oxygen atoms in total. The van der Waals surface area contributed by atoms with Crippen molar-refractivity contribution in [2.24, 2.45) is 0 Å². The van der Waals surface area contributed by atoms with Gasteiger partial charge in [0.05, 0.1) is 6.04 Å². The summed E-state index contributed by atoms with van der Waals surface area (Å²) in [5, 5.41) is 3.06. The minimum Gasteiger partial charge on any atom is -0.306 e. The summed E-state index contributed by atoms with van der Waals surface area (Å²) in [4.78, 5) is 0. The van der Waals surface area contributed by atoms with E-state index in [-0.39, 0.29) is 11.4 Å². The highest BCUT2D eigenvalue weighted by Crippen LogP contribution is 2.27. The number of benzene rings is 2. The third-order valence-corrected chi connectivity index (χ3v) is 3.10. The molecular weight excluding hydrogens is 263 g/mol. The maximum atomic E-state index is 14.0. The molecule has 0 heterocycles. The van der Waals surface area contributed by atoms with Crippen LogP contribution in [0.4, 0.5) is 13.2 Å². The maximum absolute atomic E-state index is 14.0. The third-order valence-electron chi connectivity index (χ3n) is 3.10. The SMILES string of the molecule is CCNC(c1cc(C)cc(F)c1)c1cccc(F)c1F. The van der Waals surface area contributed by atoms with E-state index in [2.05, 4.69) is 5.32 Å². The second-order valence-corrected chi connectivity index (χ2v) is 4.70. The number of halogens is 3. The van der Waals surface area contributed by atoms with Gasteiger partial charge in [-0.3, -0.25) is 0 Å². The van der Waals surface area contributed by atoms with Gasteiger partial charge in [-0.2, -0.15) is 0 Å². The van der Waals surface area contributed by atoms with Crippen molar-refractivity contribution in [1.29, 1.82) is 0 Å². The molecule has 106 valence electrons. The van der Waals surface area contributed by atoms with E-state index in [9.17, 15) is 13.2 Å². The van der Waals surface area contributed by atoms with E-state index in [0.717, 1.165) is 11.6 Å². The number of aryl methyl sites for hydroxylation is 1. The summed E-state index contributed by atoms with van der Waals surface area (Å²) in [6, 6.07) is 7.94. The van der Waals surface area contributed by atoms with Gasteiger partial charge in [0.25, 0.3) is 0 Å². The van der Waals surface area contributed by atoms with Crippen LogP contribution in [-0.4, -0.2) is 6.54 Å². The summed E-state index contributed by atoms with van der Waals surface area (Å²) in [6.07, 6.45) is 0. The van der Waals surface area contributed by atoms with Crippen molar-refractivity contribution in [3.05, 3.63) is 70.5 Å². The zero-order valence-corrected chi connectivity index (χ0v) is 11.4. The standard InChI is InChI=1S/C16H16F3N/c1-3-20-16(11-7-10(2)8-12(17)9-11)13-5-4-6-14(18)15(13)19/h4-9,16,20H,3H2,1-2H3. The van der Waals surface area contributed by atoms with Crippen molar-refractivity contribution >= 4 is 0 Å². The molecule has 20 heavy (non-hydrogen) atoms. The first-order valence-corrected chi connectivity index (χ1v) is 6.47. The van der Waals surface area contributed by atoms with Gasteiger partial charge in [-0.1, -0.05) is 25.1 Å². The van der Waals surface area contributed by atoms with Gasteiger partial charge in [0.15, 0.2) is 11.6 Å². The van der Waals surface area contributed by atoms with E-state index in [1.165, 1.54) is 24.3 Å². The first-order valence-electron chi connectivity index (χ1n) is 6.47. The molecule has 0 aliphatic rings. The van der Waals surface area contributed by atoms with Gasteiger partial charge in [-0.25, -0.2) is 13.2 Å². The van der Waals surface area contributed by atoms with Crippen molar-refractivity contribution in [3.63, 3.8) is 0 Å². The van der Waals surface area contributed by atoms with Crippen LogP contribution in [0.2, 0.25) is 0 Å². The molecule has 1 atom stereocenters. The van der Waals surface area contributed by atoms with Crippen molar-refractivity contribution < 1.29 is 13.2 Å². The molecule has 0 spiro atoms. The molecule has 0 bridgehead atoms. The zero-order valence-electron chi connectivity index (χ0n) is 11.4. The number of hydrogen-bond donors (Lipinski definition) is 1. The van der Waals surface area contributed by atoms with Crippen molar-refractivity contribution in [1.82, 2.24) is 5.32 Å². The monoisotopic (exact) mass is 279 g/mol. The van der Waals surface area contributed by atoms with Gasteiger partial charge in [0.1, 0.15) is 5.82 Å².